The van der Waals surface area contributed by atoms with Gasteiger partial charge in [0.25, 0.3) is 0 Å². The standard InChI is InChI=1S/C56H42N2/c1-55(2)47-21-13-12-20-43(47)44-27-24-38(32-48(44)55)57(37-16-6-5-7-17-37)39-25-28-45-46-29-26-40(34-50(46)56(3,4)49(45)33-39)58-51-30-22-35-14-8-10-18-41(35)53(51)54-42-19-11-9-15-36(42)23-31-52(54)58/h5-34H,1-4H3. The van der Waals surface area contributed by atoms with Crippen LogP contribution in [0, 0.1) is 0 Å². The first kappa shape index (κ1) is 33.3. The number of rotatable bonds is 4. The Morgan fingerprint density at radius 1 is 0.362 bits per heavy atom. The van der Waals surface area contributed by atoms with Gasteiger partial charge in [-0.2, -0.15) is 0 Å². The van der Waals surface area contributed by atoms with Crippen LogP contribution in [0.4, 0.5) is 17.1 Å². The molecule has 10 aromatic rings. The molecule has 0 unspecified atom stereocenters. The van der Waals surface area contributed by atoms with Gasteiger partial charge in [0.05, 0.1) is 11.0 Å². The quantitative estimate of drug-likeness (QED) is 0.174. The maximum absolute atomic E-state index is 2.50. The minimum Gasteiger partial charge on any atom is -0.310 e. The summed E-state index contributed by atoms with van der Waals surface area (Å²) in [6.07, 6.45) is 0. The minimum absolute atomic E-state index is 0.0832. The van der Waals surface area contributed by atoms with Gasteiger partial charge in [-0.1, -0.05) is 149 Å². The Labute approximate surface area is 339 Å². The van der Waals surface area contributed by atoms with Crippen molar-refractivity contribution < 1.29 is 0 Å². The molecule has 0 N–H and O–H groups in total. The Kier molecular flexibility index (Phi) is 6.78. The molecule has 58 heavy (non-hydrogen) atoms. The van der Waals surface area contributed by atoms with Gasteiger partial charge < -0.3 is 9.47 Å². The van der Waals surface area contributed by atoms with Crippen LogP contribution in [0.15, 0.2) is 182 Å². The second kappa shape index (κ2) is 11.8. The van der Waals surface area contributed by atoms with Gasteiger partial charge in [-0.25, -0.2) is 0 Å². The molecule has 0 spiro atoms. The molecule has 1 heterocycles. The van der Waals surface area contributed by atoms with E-state index in [4.69, 9.17) is 0 Å². The van der Waals surface area contributed by atoms with Crippen molar-refractivity contribution in [1.29, 1.82) is 0 Å². The van der Waals surface area contributed by atoms with Crippen molar-refractivity contribution >= 4 is 60.4 Å². The molecule has 2 heteroatoms. The van der Waals surface area contributed by atoms with E-state index < -0.39 is 0 Å². The minimum atomic E-state index is -0.223. The summed E-state index contributed by atoms with van der Waals surface area (Å²) in [5, 5.41) is 7.75. The molecule has 12 rings (SSSR count). The van der Waals surface area contributed by atoms with E-state index in [1.165, 1.54) is 105 Å². The van der Waals surface area contributed by atoms with Crippen molar-refractivity contribution in [3.63, 3.8) is 0 Å². The molecule has 0 atom stereocenters. The van der Waals surface area contributed by atoms with Crippen LogP contribution < -0.4 is 4.90 Å². The van der Waals surface area contributed by atoms with Crippen LogP contribution in [-0.2, 0) is 10.8 Å². The smallest absolute Gasteiger partial charge is 0.0547 e. The van der Waals surface area contributed by atoms with Gasteiger partial charge >= 0.3 is 0 Å². The number of anilines is 3. The van der Waals surface area contributed by atoms with E-state index in [1.807, 2.05) is 0 Å². The van der Waals surface area contributed by atoms with Crippen LogP contribution in [0.2, 0.25) is 0 Å². The maximum atomic E-state index is 2.50. The van der Waals surface area contributed by atoms with Crippen LogP contribution in [0.1, 0.15) is 49.9 Å². The first-order valence-corrected chi connectivity index (χ1v) is 20.5. The van der Waals surface area contributed by atoms with Crippen LogP contribution in [0.25, 0.3) is 71.3 Å². The predicted octanol–water partition coefficient (Wildman–Crippen LogP) is 15.2. The Morgan fingerprint density at radius 2 is 0.828 bits per heavy atom. The largest absolute Gasteiger partial charge is 0.310 e. The first-order chi connectivity index (χ1) is 28.3. The molecule has 0 bridgehead atoms. The summed E-state index contributed by atoms with van der Waals surface area (Å²) < 4.78 is 2.50. The SMILES string of the molecule is CC1(C)c2ccccc2-c2ccc(N(c3ccccc3)c3ccc4c(c3)C(C)(C)c3cc(-n5c6ccc7ccccc7c6c6c7ccccc7ccc65)ccc3-4)cc21. The lowest BCUT2D eigenvalue weighted by molar-refractivity contribution is 0.659. The lowest BCUT2D eigenvalue weighted by Crippen LogP contribution is -2.18. The summed E-state index contributed by atoms with van der Waals surface area (Å²) in [4.78, 5) is 2.44. The number of nitrogens with zero attached hydrogens (tertiary/aromatic N) is 2. The molecule has 9 aromatic carbocycles. The number of aromatic nitrogens is 1. The lowest BCUT2D eigenvalue weighted by atomic mass is 9.82. The van der Waals surface area contributed by atoms with E-state index in [0.29, 0.717) is 0 Å². The molecule has 0 saturated carbocycles. The second-order valence-corrected chi connectivity index (χ2v) is 17.4. The molecule has 0 fully saturated rings. The fourth-order valence-corrected chi connectivity index (χ4v) is 10.7. The molecule has 276 valence electrons. The van der Waals surface area contributed by atoms with Crippen molar-refractivity contribution in [3.05, 3.63) is 204 Å². The molecule has 2 nitrogen and oxygen atoms in total. The van der Waals surface area contributed by atoms with Crippen molar-refractivity contribution in [2.75, 3.05) is 4.90 Å². The number of benzene rings is 9. The number of fused-ring (bicyclic) bond motifs is 13. The van der Waals surface area contributed by atoms with Gasteiger partial charge in [0.2, 0.25) is 0 Å². The summed E-state index contributed by atoms with van der Waals surface area (Å²) in [7, 11) is 0. The Balaban J connectivity index is 1.01. The molecule has 2 aliphatic carbocycles. The molecule has 0 saturated heterocycles. The van der Waals surface area contributed by atoms with Crippen molar-refractivity contribution in [3.8, 4) is 27.9 Å². The fraction of sp³-hybridized carbons (Fsp3) is 0.107. The second-order valence-electron chi connectivity index (χ2n) is 17.4. The van der Waals surface area contributed by atoms with Gasteiger partial charge in [-0.05, 0) is 127 Å². The fourth-order valence-electron chi connectivity index (χ4n) is 10.7. The van der Waals surface area contributed by atoms with Crippen LogP contribution in [-0.4, -0.2) is 4.57 Å². The predicted molar refractivity (Wildman–Crippen MR) is 246 cm³/mol. The average Bonchev–Trinajstić information content (AvgIpc) is 3.81. The highest BCUT2D eigenvalue weighted by atomic mass is 15.1. The highest BCUT2D eigenvalue weighted by Gasteiger charge is 2.38. The van der Waals surface area contributed by atoms with Crippen molar-refractivity contribution in [2.24, 2.45) is 0 Å². The van der Waals surface area contributed by atoms with Gasteiger partial charge in [0.15, 0.2) is 0 Å². The molecule has 0 aliphatic heterocycles. The first-order valence-electron chi connectivity index (χ1n) is 20.5. The normalized spacial score (nSPS) is 14.5. The number of para-hydroxylation sites is 1. The summed E-state index contributed by atoms with van der Waals surface area (Å²) in [6.45, 7) is 9.53. The zero-order valence-corrected chi connectivity index (χ0v) is 33.2. The Hall–Kier alpha value is -6.90. The summed E-state index contributed by atoms with van der Waals surface area (Å²) in [6, 6.07) is 68.0. The number of hydrogen-bond donors (Lipinski definition) is 0. The van der Waals surface area contributed by atoms with Gasteiger partial charge in [-0.15, -0.1) is 0 Å². The Bertz CT molecular complexity index is 3250. The van der Waals surface area contributed by atoms with Gasteiger partial charge in [0.1, 0.15) is 0 Å². The van der Waals surface area contributed by atoms with E-state index in [2.05, 4.69) is 219 Å². The molecule has 1 aromatic heterocycles. The maximum Gasteiger partial charge on any atom is 0.0547 e. The van der Waals surface area contributed by atoms with E-state index in [0.717, 1.165) is 5.69 Å². The summed E-state index contributed by atoms with van der Waals surface area (Å²) in [5.74, 6) is 0. The van der Waals surface area contributed by atoms with Crippen LogP contribution in [0.3, 0.4) is 0 Å². The topological polar surface area (TPSA) is 8.17 Å². The molecular formula is C56H42N2. The zero-order valence-electron chi connectivity index (χ0n) is 33.2. The molecule has 0 radical (unpaired) electrons. The summed E-state index contributed by atoms with van der Waals surface area (Å²) in [5.41, 5.74) is 17.6. The lowest BCUT2D eigenvalue weighted by Gasteiger charge is -2.29. The highest BCUT2D eigenvalue weighted by molar-refractivity contribution is 6.28. The van der Waals surface area contributed by atoms with E-state index in [9.17, 15) is 0 Å². The monoisotopic (exact) mass is 742 g/mol. The molecular weight excluding hydrogens is 701 g/mol. The van der Waals surface area contributed by atoms with E-state index >= 15 is 0 Å². The van der Waals surface area contributed by atoms with Crippen molar-refractivity contribution in [2.45, 2.75) is 38.5 Å². The highest BCUT2D eigenvalue weighted by Crippen LogP contribution is 2.54. The third-order valence-corrected chi connectivity index (χ3v) is 13.5. The molecule has 0 amide bonds. The summed E-state index contributed by atoms with van der Waals surface area (Å²) >= 11 is 0. The Morgan fingerprint density at radius 3 is 1.43 bits per heavy atom. The third-order valence-electron chi connectivity index (χ3n) is 13.5. The van der Waals surface area contributed by atoms with Crippen LogP contribution in [0.5, 0.6) is 0 Å². The van der Waals surface area contributed by atoms with E-state index in [-0.39, 0.29) is 10.8 Å². The zero-order chi connectivity index (χ0) is 38.9. The third kappa shape index (κ3) is 4.49. The van der Waals surface area contributed by atoms with Crippen LogP contribution >= 0.6 is 0 Å². The number of hydrogen-bond acceptors (Lipinski definition) is 1. The average molecular weight is 743 g/mol. The van der Waals surface area contributed by atoms with Gasteiger partial charge in [-0.3, -0.25) is 0 Å². The van der Waals surface area contributed by atoms with Crippen molar-refractivity contribution in [1.82, 2.24) is 4.57 Å². The molecule has 2 aliphatic rings. The van der Waals surface area contributed by atoms with Gasteiger partial charge in [0, 0.05) is 44.4 Å². The van der Waals surface area contributed by atoms with E-state index in [1.54, 1.807) is 0 Å².